The van der Waals surface area contributed by atoms with Gasteiger partial charge in [0.2, 0.25) is 0 Å². The van der Waals surface area contributed by atoms with Crippen LogP contribution in [-0.2, 0) is 18.4 Å². The lowest BCUT2D eigenvalue weighted by Gasteiger charge is -2.24. The Morgan fingerprint density at radius 1 is 1.00 bits per heavy atom. The van der Waals surface area contributed by atoms with Gasteiger partial charge in [0.05, 0.1) is 0 Å². The molecule has 15 heavy (non-hydrogen) atoms. The lowest BCUT2D eigenvalue weighted by atomic mass is 11.2. The van der Waals surface area contributed by atoms with Gasteiger partial charge in [-0.1, -0.05) is 0 Å². The van der Waals surface area contributed by atoms with Crippen molar-refractivity contribution in [3.63, 3.8) is 0 Å². The van der Waals surface area contributed by atoms with Gasteiger partial charge in [-0.05, 0) is 0 Å². The summed E-state index contributed by atoms with van der Waals surface area (Å²) < 4.78 is 26.5. The van der Waals surface area contributed by atoms with E-state index in [-0.39, 0.29) is 0 Å². The van der Waals surface area contributed by atoms with Crippen LogP contribution in [0, 0.1) is 5.41 Å². The maximum absolute atomic E-state index is 11.9. The van der Waals surface area contributed by atoms with Crippen molar-refractivity contribution in [1.82, 2.24) is 15.2 Å². The van der Waals surface area contributed by atoms with E-state index < -0.39 is 7.82 Å². The van der Waals surface area contributed by atoms with Crippen molar-refractivity contribution in [3.05, 3.63) is 0 Å². The van der Waals surface area contributed by atoms with E-state index in [1.54, 1.807) is 28.2 Å². The first-order chi connectivity index (χ1) is 6.79. The van der Waals surface area contributed by atoms with E-state index in [0.717, 1.165) is 11.4 Å². The molecule has 0 aliphatic heterocycles. The van der Waals surface area contributed by atoms with Crippen LogP contribution < -0.4 is 0 Å². The topological polar surface area (TPSA) is 78.3 Å². The van der Waals surface area contributed by atoms with Crippen molar-refractivity contribution in [2.45, 2.75) is 0 Å². The summed E-state index contributed by atoms with van der Waals surface area (Å²) in [5, 5.41) is 10.2. The number of hydroxylamine groups is 6. The highest BCUT2D eigenvalue weighted by Gasteiger charge is 2.32. The maximum Gasteiger partial charge on any atom is 0.530 e. The van der Waals surface area contributed by atoms with Crippen LogP contribution in [0.5, 0.6) is 0 Å². The van der Waals surface area contributed by atoms with E-state index in [4.69, 9.17) is 19.3 Å². The van der Waals surface area contributed by atoms with Crippen molar-refractivity contribution in [2.24, 2.45) is 0 Å². The highest BCUT2D eigenvalue weighted by molar-refractivity contribution is 7.48. The molecule has 0 atom stereocenters. The van der Waals surface area contributed by atoms with Gasteiger partial charge in [0.25, 0.3) is 0 Å². The molecule has 0 aliphatic carbocycles. The minimum Gasteiger partial charge on any atom is -0.289 e. The SMILES string of the molecule is CN(C)OP(=O)(ON(C)C)ON(C)C=N. The molecule has 9 heteroatoms. The Morgan fingerprint density at radius 2 is 1.40 bits per heavy atom. The van der Waals surface area contributed by atoms with Gasteiger partial charge in [0.1, 0.15) is 6.34 Å². The third-order valence-corrected chi connectivity index (χ3v) is 2.45. The molecule has 0 unspecified atom stereocenters. The lowest BCUT2D eigenvalue weighted by molar-refractivity contribution is -0.135. The summed E-state index contributed by atoms with van der Waals surface area (Å²) in [6.07, 6.45) is 0.838. The maximum atomic E-state index is 11.9. The first kappa shape index (κ1) is 14.5. The van der Waals surface area contributed by atoms with Crippen LogP contribution in [0.15, 0.2) is 0 Å². The molecule has 90 valence electrons. The Bertz CT molecular complexity index is 233. The first-order valence-electron chi connectivity index (χ1n) is 4.06. The van der Waals surface area contributed by atoms with Crippen molar-refractivity contribution in [3.8, 4) is 0 Å². The molecule has 0 radical (unpaired) electrons. The predicted molar refractivity (Wildman–Crippen MR) is 54.8 cm³/mol. The normalized spacial score (nSPS) is 12.2. The van der Waals surface area contributed by atoms with Crippen molar-refractivity contribution in [1.29, 1.82) is 5.41 Å². The highest BCUT2D eigenvalue weighted by Crippen LogP contribution is 2.50. The second-order valence-corrected chi connectivity index (χ2v) is 4.38. The highest BCUT2D eigenvalue weighted by atomic mass is 31.2. The number of hydrogen-bond donors (Lipinski definition) is 1. The Hall–Kier alpha value is -0.500. The average Bonchev–Trinajstić information content (AvgIpc) is 1.99. The average molecular weight is 240 g/mol. The molecule has 0 rings (SSSR count). The molecule has 0 bridgehead atoms. The number of nitrogens with zero attached hydrogens (tertiary/aromatic N) is 3. The van der Waals surface area contributed by atoms with Gasteiger partial charge in [-0.3, -0.25) is 5.41 Å². The molecular formula is C6H17N4O4P. The van der Waals surface area contributed by atoms with Gasteiger partial charge < -0.3 is 0 Å². The van der Waals surface area contributed by atoms with E-state index >= 15 is 0 Å². The van der Waals surface area contributed by atoms with Crippen LogP contribution >= 0.6 is 7.82 Å². The molecule has 0 saturated carbocycles. The summed E-state index contributed by atoms with van der Waals surface area (Å²) in [5.74, 6) is 0. The molecule has 0 heterocycles. The lowest BCUT2D eigenvalue weighted by Crippen LogP contribution is -2.23. The summed E-state index contributed by atoms with van der Waals surface area (Å²) >= 11 is 0. The fourth-order valence-corrected chi connectivity index (χ4v) is 1.88. The zero-order valence-electron chi connectivity index (χ0n) is 9.50. The zero-order valence-corrected chi connectivity index (χ0v) is 10.4. The van der Waals surface area contributed by atoms with Crippen molar-refractivity contribution < 1.29 is 18.4 Å². The van der Waals surface area contributed by atoms with E-state index in [2.05, 4.69) is 0 Å². The molecule has 0 fully saturated rings. The predicted octanol–water partition coefficient (Wildman–Crippen LogP) is 0.551. The molecule has 0 spiro atoms. The van der Waals surface area contributed by atoms with Gasteiger partial charge in [0.15, 0.2) is 0 Å². The van der Waals surface area contributed by atoms with E-state index in [1.165, 1.54) is 17.2 Å². The number of rotatable bonds is 7. The number of hydrogen-bond acceptors (Lipinski definition) is 7. The van der Waals surface area contributed by atoms with Crippen LogP contribution in [0.1, 0.15) is 0 Å². The largest absolute Gasteiger partial charge is 0.530 e. The molecule has 0 aliphatic rings. The van der Waals surface area contributed by atoms with Crippen LogP contribution in [0.25, 0.3) is 0 Å². The fourth-order valence-electron chi connectivity index (χ4n) is 0.626. The fraction of sp³-hybridized carbons (Fsp3) is 0.833. The van der Waals surface area contributed by atoms with Crippen LogP contribution in [0.3, 0.4) is 0 Å². The molecule has 1 N–H and O–H groups in total. The minimum absolute atomic E-state index is 0.838. The second kappa shape index (κ2) is 6.16. The monoisotopic (exact) mass is 240 g/mol. The molecule has 0 aromatic heterocycles. The van der Waals surface area contributed by atoms with Gasteiger partial charge >= 0.3 is 7.82 Å². The standard InChI is InChI=1S/C6H17N4O4P/c1-8(2)12-15(11,13-9(3)4)14-10(5)6-7/h6-7H,1-5H3. The summed E-state index contributed by atoms with van der Waals surface area (Å²) in [6.45, 7) is 0. The van der Waals surface area contributed by atoms with Gasteiger partial charge in [-0.15, -0.1) is 0 Å². The summed E-state index contributed by atoms with van der Waals surface area (Å²) in [7, 11) is 3.79. The van der Waals surface area contributed by atoms with Crippen LogP contribution in [-0.4, -0.2) is 56.8 Å². The Balaban J connectivity index is 4.54. The molecule has 0 amide bonds. The van der Waals surface area contributed by atoms with Crippen LogP contribution in [0.2, 0.25) is 0 Å². The van der Waals surface area contributed by atoms with E-state index in [0.29, 0.717) is 0 Å². The smallest absolute Gasteiger partial charge is 0.289 e. The molecular weight excluding hydrogens is 223 g/mol. The van der Waals surface area contributed by atoms with Crippen LogP contribution in [0.4, 0.5) is 0 Å². The van der Waals surface area contributed by atoms with Gasteiger partial charge in [0, 0.05) is 35.2 Å². The third kappa shape index (κ3) is 6.56. The summed E-state index contributed by atoms with van der Waals surface area (Å²) in [4.78, 5) is 0. The van der Waals surface area contributed by atoms with Crippen molar-refractivity contribution >= 4 is 14.2 Å². The summed E-state index contributed by atoms with van der Waals surface area (Å²) in [5.41, 5.74) is 0. The van der Waals surface area contributed by atoms with Gasteiger partial charge in [-0.25, -0.2) is 9.63 Å². The number of nitrogens with one attached hydrogen (secondary N) is 1. The van der Waals surface area contributed by atoms with Crippen molar-refractivity contribution in [2.75, 3.05) is 35.2 Å². The minimum atomic E-state index is -3.78. The molecule has 0 aromatic carbocycles. The summed E-state index contributed by atoms with van der Waals surface area (Å²) in [6, 6.07) is 0. The Labute approximate surface area is 89.3 Å². The zero-order chi connectivity index (χ0) is 12.1. The van der Waals surface area contributed by atoms with E-state index in [9.17, 15) is 4.57 Å². The quantitative estimate of drug-likeness (QED) is 0.301. The first-order valence-corrected chi connectivity index (χ1v) is 5.52. The molecule has 0 aromatic rings. The molecule has 0 saturated heterocycles. The Kier molecular flexibility index (Phi) is 5.96. The Morgan fingerprint density at radius 3 is 1.67 bits per heavy atom. The second-order valence-electron chi connectivity index (χ2n) is 2.99. The third-order valence-electron chi connectivity index (χ3n) is 0.937. The molecule has 8 nitrogen and oxygen atoms in total. The number of phosphoric acid groups is 1. The van der Waals surface area contributed by atoms with E-state index in [1.807, 2.05) is 0 Å². The van der Waals surface area contributed by atoms with Gasteiger partial charge in [-0.2, -0.15) is 24.0 Å².